The summed E-state index contributed by atoms with van der Waals surface area (Å²) >= 11 is 0. The quantitative estimate of drug-likeness (QED) is 0.195. The highest BCUT2D eigenvalue weighted by Crippen LogP contribution is 2.35. The number of para-hydroxylation sites is 2. The first-order valence-electron chi connectivity index (χ1n) is 14.9. The van der Waals surface area contributed by atoms with Crippen LogP contribution < -0.4 is 0 Å². The zero-order valence-electron chi connectivity index (χ0n) is 24.1. The van der Waals surface area contributed by atoms with Gasteiger partial charge < -0.3 is 0 Å². The van der Waals surface area contributed by atoms with Crippen molar-refractivity contribution in [2.45, 2.75) is 0 Å². The summed E-state index contributed by atoms with van der Waals surface area (Å²) in [5.74, 6) is 1.25. The summed E-state index contributed by atoms with van der Waals surface area (Å²) in [5, 5.41) is 6.11. The zero-order chi connectivity index (χ0) is 30.2. The van der Waals surface area contributed by atoms with Gasteiger partial charge >= 0.3 is 0 Å². The fourth-order valence-electron chi connectivity index (χ4n) is 6.63. The molecule has 9 nitrogen and oxygen atoms in total. The third kappa shape index (κ3) is 3.47. The van der Waals surface area contributed by atoms with Crippen LogP contribution in [0.5, 0.6) is 0 Å². The molecule has 7 aromatic heterocycles. The fourth-order valence-corrected chi connectivity index (χ4v) is 6.63. The zero-order valence-corrected chi connectivity index (χ0v) is 24.1. The summed E-state index contributed by atoms with van der Waals surface area (Å²) in [6.45, 7) is 0. The van der Waals surface area contributed by atoms with E-state index in [-0.39, 0.29) is 0 Å². The SMILES string of the molecule is c1ccc2c(c1)c1cccnc1n2-c1ccc2ccc3c(-c4ccncn4)nc(-n4c5ccccc5c5cccnc54)nc3c2n1. The van der Waals surface area contributed by atoms with Crippen LogP contribution >= 0.6 is 0 Å². The van der Waals surface area contributed by atoms with Crippen LogP contribution in [-0.4, -0.2) is 44.0 Å². The van der Waals surface area contributed by atoms with Crippen LogP contribution in [0.1, 0.15) is 0 Å². The smallest absolute Gasteiger partial charge is 0.237 e. The van der Waals surface area contributed by atoms with Crippen molar-refractivity contribution in [1.82, 2.24) is 44.0 Å². The number of hydrogen-bond acceptors (Lipinski definition) is 7. The molecule has 0 unspecified atom stereocenters. The first-order chi connectivity index (χ1) is 22.8. The molecule has 3 aromatic carbocycles. The maximum Gasteiger partial charge on any atom is 0.237 e. The lowest BCUT2D eigenvalue weighted by molar-refractivity contribution is 0.993. The molecule has 0 saturated carbocycles. The molecule has 10 rings (SSSR count). The molecular formula is C37H21N9. The van der Waals surface area contributed by atoms with E-state index in [0.717, 1.165) is 66.0 Å². The lowest BCUT2D eigenvalue weighted by atomic mass is 10.1. The van der Waals surface area contributed by atoms with Gasteiger partial charge in [0.05, 0.1) is 22.2 Å². The predicted molar refractivity (Wildman–Crippen MR) is 180 cm³/mol. The number of nitrogens with zero attached hydrogens (tertiary/aromatic N) is 9. The number of aromatic nitrogens is 9. The monoisotopic (exact) mass is 591 g/mol. The minimum Gasteiger partial charge on any atom is -0.278 e. The van der Waals surface area contributed by atoms with Crippen molar-refractivity contribution in [2.24, 2.45) is 0 Å². The van der Waals surface area contributed by atoms with Crippen molar-refractivity contribution >= 4 is 65.7 Å². The van der Waals surface area contributed by atoms with Gasteiger partial charge in [0.25, 0.3) is 0 Å². The summed E-state index contributed by atoms with van der Waals surface area (Å²) < 4.78 is 4.14. The van der Waals surface area contributed by atoms with Gasteiger partial charge in [-0.05, 0) is 60.7 Å². The average molecular weight is 592 g/mol. The van der Waals surface area contributed by atoms with Gasteiger partial charge in [0.1, 0.15) is 34.7 Å². The Morgan fingerprint density at radius 2 is 1.13 bits per heavy atom. The summed E-state index contributed by atoms with van der Waals surface area (Å²) in [4.78, 5) is 34.0. The number of benzene rings is 3. The van der Waals surface area contributed by atoms with Gasteiger partial charge in [0.2, 0.25) is 5.95 Å². The van der Waals surface area contributed by atoms with Gasteiger partial charge in [-0.2, -0.15) is 0 Å². The van der Waals surface area contributed by atoms with Crippen molar-refractivity contribution < 1.29 is 0 Å². The van der Waals surface area contributed by atoms with E-state index in [4.69, 9.17) is 24.9 Å². The van der Waals surface area contributed by atoms with Gasteiger partial charge in [-0.15, -0.1) is 0 Å². The maximum absolute atomic E-state index is 5.30. The first-order valence-corrected chi connectivity index (χ1v) is 14.9. The molecule has 0 aliphatic heterocycles. The Kier molecular flexibility index (Phi) is 5.09. The van der Waals surface area contributed by atoms with Gasteiger partial charge in [0, 0.05) is 50.9 Å². The Morgan fingerprint density at radius 1 is 0.457 bits per heavy atom. The summed E-state index contributed by atoms with van der Waals surface area (Å²) in [6, 6.07) is 34.8. The summed E-state index contributed by atoms with van der Waals surface area (Å²) in [7, 11) is 0. The van der Waals surface area contributed by atoms with E-state index in [1.807, 2.05) is 59.3 Å². The minimum absolute atomic E-state index is 0.490. The Hall–Kier alpha value is -6.61. The van der Waals surface area contributed by atoms with Gasteiger partial charge in [-0.1, -0.05) is 42.5 Å². The Labute approximate surface area is 260 Å². The molecule has 0 amide bonds. The molecule has 0 spiro atoms. The van der Waals surface area contributed by atoms with Crippen LogP contribution in [-0.2, 0) is 0 Å². The Balaban J connectivity index is 1.33. The molecule has 214 valence electrons. The van der Waals surface area contributed by atoms with E-state index >= 15 is 0 Å². The molecule has 0 radical (unpaired) electrons. The van der Waals surface area contributed by atoms with Crippen LogP contribution in [0.3, 0.4) is 0 Å². The number of fused-ring (bicyclic) bond motifs is 9. The largest absolute Gasteiger partial charge is 0.278 e. The molecule has 0 bridgehead atoms. The predicted octanol–water partition coefficient (Wildman–Crippen LogP) is 7.62. The average Bonchev–Trinajstić information content (AvgIpc) is 3.64. The topological polar surface area (TPSA) is 100 Å². The normalized spacial score (nSPS) is 11.9. The fraction of sp³-hybridized carbons (Fsp3) is 0. The minimum atomic E-state index is 0.490. The number of pyridine rings is 3. The van der Waals surface area contributed by atoms with Crippen molar-refractivity contribution in [2.75, 3.05) is 0 Å². The summed E-state index contributed by atoms with van der Waals surface area (Å²) in [5.41, 5.74) is 6.49. The molecule has 0 aliphatic carbocycles. The van der Waals surface area contributed by atoms with Crippen molar-refractivity contribution in [3.63, 3.8) is 0 Å². The van der Waals surface area contributed by atoms with Gasteiger partial charge in [0.15, 0.2) is 0 Å². The highest BCUT2D eigenvalue weighted by molar-refractivity contribution is 6.11. The Bertz CT molecular complexity index is 2710. The Morgan fingerprint density at radius 3 is 1.87 bits per heavy atom. The van der Waals surface area contributed by atoms with Gasteiger partial charge in [-0.3, -0.25) is 9.13 Å². The van der Waals surface area contributed by atoms with E-state index in [2.05, 4.69) is 69.1 Å². The van der Waals surface area contributed by atoms with Crippen molar-refractivity contribution in [1.29, 1.82) is 0 Å². The van der Waals surface area contributed by atoms with Crippen LogP contribution in [0.4, 0.5) is 0 Å². The maximum atomic E-state index is 5.30. The third-order valence-corrected chi connectivity index (χ3v) is 8.62. The van der Waals surface area contributed by atoms with E-state index < -0.39 is 0 Å². The molecule has 0 saturated heterocycles. The van der Waals surface area contributed by atoms with E-state index in [0.29, 0.717) is 22.9 Å². The molecule has 10 aromatic rings. The lowest BCUT2D eigenvalue weighted by Gasteiger charge is -2.13. The second-order valence-corrected chi connectivity index (χ2v) is 11.1. The van der Waals surface area contributed by atoms with Crippen molar-refractivity contribution in [3.8, 4) is 23.2 Å². The molecular weight excluding hydrogens is 570 g/mol. The first kappa shape index (κ1) is 24.8. The second kappa shape index (κ2) is 9.44. The summed E-state index contributed by atoms with van der Waals surface area (Å²) in [6.07, 6.45) is 6.89. The number of hydrogen-bond donors (Lipinski definition) is 0. The van der Waals surface area contributed by atoms with Crippen LogP contribution in [0.15, 0.2) is 128 Å². The van der Waals surface area contributed by atoms with Crippen LogP contribution in [0.2, 0.25) is 0 Å². The number of rotatable bonds is 3. The molecule has 0 fully saturated rings. The highest BCUT2D eigenvalue weighted by Gasteiger charge is 2.20. The molecule has 0 N–H and O–H groups in total. The molecule has 7 heterocycles. The molecule has 46 heavy (non-hydrogen) atoms. The lowest BCUT2D eigenvalue weighted by Crippen LogP contribution is -2.05. The third-order valence-electron chi connectivity index (χ3n) is 8.62. The molecule has 0 atom stereocenters. The van der Waals surface area contributed by atoms with Crippen LogP contribution in [0, 0.1) is 0 Å². The van der Waals surface area contributed by atoms with Gasteiger partial charge in [-0.25, -0.2) is 34.9 Å². The van der Waals surface area contributed by atoms with Crippen LogP contribution in [0.25, 0.3) is 88.8 Å². The van der Waals surface area contributed by atoms with E-state index in [1.54, 1.807) is 12.4 Å². The highest BCUT2D eigenvalue weighted by atomic mass is 15.2. The molecule has 9 heteroatoms. The van der Waals surface area contributed by atoms with E-state index in [1.165, 1.54) is 6.33 Å². The van der Waals surface area contributed by atoms with Crippen molar-refractivity contribution in [3.05, 3.63) is 128 Å². The molecule has 0 aliphatic rings. The second-order valence-electron chi connectivity index (χ2n) is 11.1. The van der Waals surface area contributed by atoms with E-state index in [9.17, 15) is 0 Å². The standard InChI is InChI=1S/C37H21N9/c1-3-11-29-23(7-1)25-9-5-18-39-35(25)45(29)31-16-14-22-13-15-27-33(28-17-20-38-21-41-28)43-37(44-34(27)32(22)42-31)46-30-12-4-2-8-24(30)26-10-6-19-40-36(26)46/h1-21H.